The number of alkyl halides is 5. The maximum absolute atomic E-state index is 15.2. The molecule has 0 aliphatic carbocycles. The summed E-state index contributed by atoms with van der Waals surface area (Å²) < 4.78 is 91.0. The molecule has 0 amide bonds. The average Bonchev–Trinajstić information content (AvgIpc) is 2.79. The van der Waals surface area contributed by atoms with E-state index < -0.39 is 35.0 Å². The second-order valence-electron chi connectivity index (χ2n) is 8.45. The number of allylic oxidation sites excluding steroid dienone is 1. The minimum atomic E-state index is -4.84. The van der Waals surface area contributed by atoms with Gasteiger partial charge in [-0.1, -0.05) is 29.8 Å². The largest absolute Gasteiger partial charge is 0.495 e. The number of hydrogen-bond acceptors (Lipinski definition) is 2. The van der Waals surface area contributed by atoms with Gasteiger partial charge in [0.1, 0.15) is 17.5 Å². The molecule has 9 heteroatoms. The summed E-state index contributed by atoms with van der Waals surface area (Å²) in [6, 6.07) is 12.2. The number of rotatable bonds is 7. The van der Waals surface area contributed by atoms with Crippen molar-refractivity contribution in [1.29, 1.82) is 0 Å². The van der Waals surface area contributed by atoms with Crippen LogP contribution in [-0.2, 0) is 5.92 Å². The number of benzene rings is 3. The van der Waals surface area contributed by atoms with Crippen molar-refractivity contribution < 1.29 is 31.1 Å². The number of halogens is 7. The van der Waals surface area contributed by atoms with E-state index in [1.807, 2.05) is 0 Å². The Bertz CT molecular complexity index is 1260. The number of anilines is 2. The Morgan fingerprint density at radius 1 is 0.972 bits per heavy atom. The lowest BCUT2D eigenvalue weighted by atomic mass is 9.93. The van der Waals surface area contributed by atoms with E-state index in [1.54, 1.807) is 38.1 Å². The first kappa shape index (κ1) is 27.5. The first-order valence-electron chi connectivity index (χ1n) is 10.9. The lowest BCUT2D eigenvalue weighted by Gasteiger charge is -2.21. The van der Waals surface area contributed by atoms with E-state index in [0.29, 0.717) is 35.6 Å². The van der Waals surface area contributed by atoms with Crippen LogP contribution in [0.15, 0.2) is 60.7 Å². The standard InChI is InChI=1S/C27H24ClF6NO/c1-15-11-18(13-21(28)16(15)2)19(27(32,33)34)14-22(29)17-9-10-23(20(12-17)26(3,30)31)35-24-7-5-6-8-25(24)36-4/h5-14,19,35H,1-4H3/b22-14-. The van der Waals surface area contributed by atoms with Crippen LogP contribution >= 0.6 is 11.6 Å². The number of methoxy groups -OCH3 is 1. The van der Waals surface area contributed by atoms with Gasteiger partial charge in [-0.3, -0.25) is 0 Å². The predicted octanol–water partition coefficient (Wildman–Crippen LogP) is 9.48. The third kappa shape index (κ3) is 6.16. The number of hydrogen-bond donors (Lipinski definition) is 1. The van der Waals surface area contributed by atoms with E-state index in [9.17, 15) is 22.0 Å². The lowest BCUT2D eigenvalue weighted by molar-refractivity contribution is -0.139. The van der Waals surface area contributed by atoms with Gasteiger partial charge in [-0.15, -0.1) is 0 Å². The van der Waals surface area contributed by atoms with Crippen LogP contribution in [0.4, 0.5) is 37.7 Å². The molecule has 0 saturated carbocycles. The number of nitrogens with one attached hydrogen (secondary N) is 1. The Labute approximate surface area is 210 Å². The molecule has 36 heavy (non-hydrogen) atoms. The Morgan fingerprint density at radius 2 is 1.64 bits per heavy atom. The third-order valence-electron chi connectivity index (χ3n) is 5.80. The number of aryl methyl sites for hydroxylation is 1. The molecule has 0 aliphatic rings. The van der Waals surface area contributed by atoms with Gasteiger partial charge in [0.25, 0.3) is 5.92 Å². The molecule has 1 atom stereocenters. The van der Waals surface area contributed by atoms with Crippen LogP contribution in [0.25, 0.3) is 5.83 Å². The highest BCUT2D eigenvalue weighted by Crippen LogP contribution is 2.42. The van der Waals surface area contributed by atoms with E-state index in [-0.39, 0.29) is 16.3 Å². The van der Waals surface area contributed by atoms with Crippen molar-refractivity contribution in [2.75, 3.05) is 12.4 Å². The Hall–Kier alpha value is -3.13. The molecular weight excluding hydrogens is 504 g/mol. The molecule has 1 N–H and O–H groups in total. The quantitative estimate of drug-likeness (QED) is 0.309. The minimum absolute atomic E-state index is 0.0446. The first-order valence-corrected chi connectivity index (χ1v) is 11.2. The molecule has 0 radical (unpaired) electrons. The maximum Gasteiger partial charge on any atom is 0.399 e. The summed E-state index contributed by atoms with van der Waals surface area (Å²) in [5.74, 6) is -6.66. The fraction of sp³-hybridized carbons (Fsp3) is 0.259. The van der Waals surface area contributed by atoms with Crippen molar-refractivity contribution in [2.24, 2.45) is 0 Å². The van der Waals surface area contributed by atoms with Gasteiger partial charge in [0.15, 0.2) is 0 Å². The van der Waals surface area contributed by atoms with Crippen LogP contribution in [-0.4, -0.2) is 13.3 Å². The van der Waals surface area contributed by atoms with Crippen LogP contribution in [0.3, 0.4) is 0 Å². The molecule has 3 aromatic rings. The molecule has 0 aromatic heterocycles. The van der Waals surface area contributed by atoms with Gasteiger partial charge < -0.3 is 10.1 Å². The average molecular weight is 528 g/mol. The summed E-state index contributed by atoms with van der Waals surface area (Å²) in [4.78, 5) is 0. The zero-order valence-electron chi connectivity index (χ0n) is 19.9. The molecule has 2 nitrogen and oxygen atoms in total. The summed E-state index contributed by atoms with van der Waals surface area (Å²) in [5.41, 5.74) is 0.212. The molecule has 0 aliphatic heterocycles. The summed E-state index contributed by atoms with van der Waals surface area (Å²) in [7, 11) is 1.42. The summed E-state index contributed by atoms with van der Waals surface area (Å²) in [6.45, 7) is 3.88. The third-order valence-corrected chi connectivity index (χ3v) is 6.19. The van der Waals surface area contributed by atoms with Crippen LogP contribution in [0.1, 0.15) is 40.7 Å². The van der Waals surface area contributed by atoms with E-state index >= 15 is 4.39 Å². The molecule has 0 saturated heterocycles. The molecule has 0 bridgehead atoms. The SMILES string of the molecule is COc1ccccc1Nc1ccc(/C(F)=C/C(c2cc(C)c(C)c(Cl)c2)C(F)(F)F)cc1C(C)(F)F. The lowest BCUT2D eigenvalue weighted by Crippen LogP contribution is -2.19. The Morgan fingerprint density at radius 3 is 2.22 bits per heavy atom. The Balaban J connectivity index is 2.07. The Kier molecular flexibility index (Phi) is 7.98. The van der Waals surface area contributed by atoms with Crippen molar-refractivity contribution in [3.8, 4) is 5.75 Å². The molecule has 192 valence electrons. The van der Waals surface area contributed by atoms with Gasteiger partial charge in [0, 0.05) is 28.8 Å². The summed E-state index contributed by atoms with van der Waals surface area (Å²) in [5, 5.41) is 2.95. The zero-order valence-corrected chi connectivity index (χ0v) is 20.7. The van der Waals surface area contributed by atoms with Gasteiger partial charge in [-0.25, -0.2) is 13.2 Å². The minimum Gasteiger partial charge on any atom is -0.495 e. The highest BCUT2D eigenvalue weighted by Gasteiger charge is 2.40. The summed E-state index contributed by atoms with van der Waals surface area (Å²) in [6.07, 6.45) is -4.47. The van der Waals surface area contributed by atoms with Crippen molar-refractivity contribution in [1.82, 2.24) is 0 Å². The molecule has 0 heterocycles. The van der Waals surface area contributed by atoms with Gasteiger partial charge in [-0.2, -0.15) is 13.2 Å². The van der Waals surface area contributed by atoms with E-state index in [0.717, 1.165) is 18.2 Å². The van der Waals surface area contributed by atoms with Crippen molar-refractivity contribution >= 4 is 28.8 Å². The smallest absolute Gasteiger partial charge is 0.399 e. The molecule has 0 fully saturated rings. The second-order valence-corrected chi connectivity index (χ2v) is 8.86. The molecule has 3 rings (SSSR count). The molecule has 3 aromatic carbocycles. The van der Waals surface area contributed by atoms with Gasteiger partial charge >= 0.3 is 6.18 Å². The normalized spacial score (nSPS) is 13.5. The van der Waals surface area contributed by atoms with Crippen LogP contribution < -0.4 is 10.1 Å². The van der Waals surface area contributed by atoms with Gasteiger partial charge in [-0.05, 0) is 73.0 Å². The maximum atomic E-state index is 15.2. The highest BCUT2D eigenvalue weighted by atomic mass is 35.5. The van der Waals surface area contributed by atoms with Crippen LogP contribution in [0, 0.1) is 13.8 Å². The van der Waals surface area contributed by atoms with E-state index in [1.165, 1.54) is 19.2 Å². The van der Waals surface area contributed by atoms with Crippen LogP contribution in [0.5, 0.6) is 5.75 Å². The van der Waals surface area contributed by atoms with Crippen molar-refractivity contribution in [3.05, 3.63) is 93.5 Å². The fourth-order valence-electron chi connectivity index (χ4n) is 3.70. The van der Waals surface area contributed by atoms with Crippen molar-refractivity contribution in [2.45, 2.75) is 38.8 Å². The molecular formula is C27H24ClF6NO. The monoisotopic (exact) mass is 527 g/mol. The number of para-hydroxylation sites is 2. The van der Waals surface area contributed by atoms with Crippen molar-refractivity contribution in [3.63, 3.8) is 0 Å². The first-order chi connectivity index (χ1) is 16.7. The van der Waals surface area contributed by atoms with Crippen LogP contribution in [0.2, 0.25) is 5.02 Å². The van der Waals surface area contributed by atoms with Gasteiger partial charge in [0.05, 0.1) is 12.8 Å². The zero-order chi connectivity index (χ0) is 26.8. The second kappa shape index (κ2) is 10.5. The summed E-state index contributed by atoms with van der Waals surface area (Å²) >= 11 is 6.06. The van der Waals surface area contributed by atoms with E-state index in [4.69, 9.17) is 16.3 Å². The number of ether oxygens (including phenoxy) is 1. The predicted molar refractivity (Wildman–Crippen MR) is 131 cm³/mol. The van der Waals surface area contributed by atoms with E-state index in [2.05, 4.69) is 5.32 Å². The van der Waals surface area contributed by atoms with Gasteiger partial charge in [0.2, 0.25) is 0 Å². The molecule has 0 spiro atoms. The fourth-order valence-corrected chi connectivity index (χ4v) is 3.98. The molecule has 1 unspecified atom stereocenters. The topological polar surface area (TPSA) is 21.3 Å². The highest BCUT2D eigenvalue weighted by molar-refractivity contribution is 6.31.